The van der Waals surface area contributed by atoms with Gasteiger partial charge in [-0.15, -0.1) is 0 Å². The number of halogens is 2. The molecule has 0 aromatic heterocycles. The first kappa shape index (κ1) is 22.5. The van der Waals surface area contributed by atoms with Crippen molar-refractivity contribution in [3.05, 3.63) is 69.2 Å². The SMILES string of the molecule is CSN1CCCCC1CN1C(=O)c2ccccc2C(C(=O)O)C1c1ccc(Cl)cc1Cl. The van der Waals surface area contributed by atoms with Crippen LogP contribution >= 0.6 is 35.1 Å². The Morgan fingerprint density at radius 3 is 2.65 bits per heavy atom. The van der Waals surface area contributed by atoms with Gasteiger partial charge >= 0.3 is 5.97 Å². The number of benzene rings is 2. The molecule has 3 atom stereocenters. The highest BCUT2D eigenvalue weighted by Gasteiger charge is 2.46. The van der Waals surface area contributed by atoms with E-state index < -0.39 is 17.9 Å². The van der Waals surface area contributed by atoms with Gasteiger partial charge in [0.05, 0.1) is 6.04 Å². The summed E-state index contributed by atoms with van der Waals surface area (Å²) in [5, 5.41) is 11.1. The summed E-state index contributed by atoms with van der Waals surface area (Å²) in [6.45, 7) is 1.40. The minimum atomic E-state index is -0.980. The van der Waals surface area contributed by atoms with E-state index in [-0.39, 0.29) is 11.9 Å². The number of piperidine rings is 1. The van der Waals surface area contributed by atoms with Crippen LogP contribution < -0.4 is 0 Å². The predicted molar refractivity (Wildman–Crippen MR) is 125 cm³/mol. The van der Waals surface area contributed by atoms with Crippen molar-refractivity contribution in [3.63, 3.8) is 0 Å². The maximum Gasteiger partial charge on any atom is 0.313 e. The third-order valence-electron chi connectivity index (χ3n) is 6.20. The zero-order valence-corrected chi connectivity index (χ0v) is 19.5. The number of carboxylic acids is 1. The van der Waals surface area contributed by atoms with E-state index in [4.69, 9.17) is 23.2 Å². The minimum Gasteiger partial charge on any atom is -0.481 e. The van der Waals surface area contributed by atoms with Gasteiger partial charge in [-0.1, -0.05) is 65.8 Å². The molecule has 2 aromatic rings. The summed E-state index contributed by atoms with van der Waals surface area (Å²) >= 11 is 14.3. The van der Waals surface area contributed by atoms with Crippen molar-refractivity contribution in [1.29, 1.82) is 0 Å². The summed E-state index contributed by atoms with van der Waals surface area (Å²) in [6, 6.07) is 11.5. The van der Waals surface area contributed by atoms with Gasteiger partial charge in [-0.05, 0) is 48.4 Å². The largest absolute Gasteiger partial charge is 0.481 e. The molecule has 1 fully saturated rings. The first-order valence-electron chi connectivity index (χ1n) is 10.3. The average molecular weight is 479 g/mol. The smallest absolute Gasteiger partial charge is 0.313 e. The normalized spacial score (nSPS) is 24.2. The monoisotopic (exact) mass is 478 g/mol. The van der Waals surface area contributed by atoms with Crippen LogP contribution in [0.25, 0.3) is 0 Å². The van der Waals surface area contributed by atoms with Gasteiger partial charge in [0.1, 0.15) is 5.92 Å². The molecule has 2 aliphatic heterocycles. The fraction of sp³-hybridized carbons (Fsp3) is 0.391. The molecule has 0 spiro atoms. The van der Waals surface area contributed by atoms with Crippen LogP contribution in [0.15, 0.2) is 42.5 Å². The first-order chi connectivity index (χ1) is 14.9. The molecule has 0 saturated carbocycles. The Balaban J connectivity index is 1.84. The van der Waals surface area contributed by atoms with Crippen LogP contribution in [0.4, 0.5) is 0 Å². The molecule has 2 aromatic carbocycles. The molecule has 4 rings (SSSR count). The highest BCUT2D eigenvalue weighted by atomic mass is 35.5. The van der Waals surface area contributed by atoms with E-state index in [0.717, 1.165) is 25.8 Å². The highest BCUT2D eigenvalue weighted by Crippen LogP contribution is 2.45. The van der Waals surface area contributed by atoms with Crippen molar-refractivity contribution in [2.75, 3.05) is 19.3 Å². The molecule has 1 saturated heterocycles. The van der Waals surface area contributed by atoms with Gasteiger partial charge in [0.2, 0.25) is 0 Å². The molecular weight excluding hydrogens is 455 g/mol. The molecule has 31 heavy (non-hydrogen) atoms. The van der Waals surface area contributed by atoms with E-state index in [9.17, 15) is 14.7 Å². The number of carbonyl (C=O) groups is 2. The lowest BCUT2D eigenvalue weighted by Crippen LogP contribution is -2.51. The van der Waals surface area contributed by atoms with Crippen LogP contribution in [-0.4, -0.2) is 51.6 Å². The van der Waals surface area contributed by atoms with Crippen LogP contribution in [0.1, 0.15) is 52.7 Å². The second kappa shape index (κ2) is 9.41. The topological polar surface area (TPSA) is 60.9 Å². The molecule has 1 N–H and O–H groups in total. The standard InChI is InChI=1S/C23H24Cl2N2O3S/c1-31-27-11-5-4-6-15(27)13-26-21(18-10-9-14(24)12-19(18)25)20(23(29)30)16-7-2-3-8-17(16)22(26)28/h2-3,7-10,12,15,20-21H,4-6,11,13H2,1H3,(H,29,30). The van der Waals surface area contributed by atoms with E-state index in [0.29, 0.717) is 33.3 Å². The fourth-order valence-electron chi connectivity index (χ4n) is 4.77. The van der Waals surface area contributed by atoms with Crippen LogP contribution in [0.2, 0.25) is 10.0 Å². The third-order valence-corrected chi connectivity index (χ3v) is 7.71. The lowest BCUT2D eigenvalue weighted by molar-refractivity contribution is -0.140. The number of carbonyl (C=O) groups excluding carboxylic acids is 1. The second-order valence-electron chi connectivity index (χ2n) is 7.94. The molecule has 2 aliphatic rings. The molecule has 0 radical (unpaired) electrons. The number of aliphatic carboxylic acids is 1. The number of rotatable bonds is 5. The Kier molecular flexibility index (Phi) is 6.82. The molecule has 0 bridgehead atoms. The molecule has 5 nitrogen and oxygen atoms in total. The highest BCUT2D eigenvalue weighted by molar-refractivity contribution is 7.96. The molecule has 0 aliphatic carbocycles. The number of amides is 1. The van der Waals surface area contributed by atoms with E-state index >= 15 is 0 Å². The van der Waals surface area contributed by atoms with Crippen molar-refractivity contribution in [2.24, 2.45) is 0 Å². The Morgan fingerprint density at radius 1 is 1.16 bits per heavy atom. The zero-order chi connectivity index (χ0) is 22.1. The van der Waals surface area contributed by atoms with Crippen LogP contribution in [0.5, 0.6) is 0 Å². The Bertz CT molecular complexity index is 1000. The Labute approximate surface area is 196 Å². The van der Waals surface area contributed by atoms with Crippen LogP contribution in [0, 0.1) is 0 Å². The lowest BCUT2D eigenvalue weighted by Gasteiger charge is -2.45. The van der Waals surface area contributed by atoms with Gasteiger partial charge in [0.15, 0.2) is 0 Å². The van der Waals surface area contributed by atoms with Crippen molar-refractivity contribution >= 4 is 47.0 Å². The number of nitrogens with zero attached hydrogens (tertiary/aromatic N) is 2. The van der Waals surface area contributed by atoms with Gasteiger partial charge in [-0.25, -0.2) is 4.31 Å². The third kappa shape index (κ3) is 4.31. The van der Waals surface area contributed by atoms with Gasteiger partial charge in [-0.3, -0.25) is 9.59 Å². The van der Waals surface area contributed by atoms with Crippen molar-refractivity contribution in [3.8, 4) is 0 Å². The Morgan fingerprint density at radius 2 is 1.94 bits per heavy atom. The summed E-state index contributed by atoms with van der Waals surface area (Å²) in [7, 11) is 0. The van der Waals surface area contributed by atoms with Gasteiger partial charge < -0.3 is 10.0 Å². The molecular formula is C23H24Cl2N2O3S. The second-order valence-corrected chi connectivity index (χ2v) is 9.62. The average Bonchev–Trinajstić information content (AvgIpc) is 2.76. The maximum atomic E-state index is 13.7. The minimum absolute atomic E-state index is 0.154. The number of hydrogen-bond donors (Lipinski definition) is 1. The molecule has 8 heteroatoms. The van der Waals surface area contributed by atoms with Crippen molar-refractivity contribution in [2.45, 2.75) is 37.3 Å². The maximum absolute atomic E-state index is 13.7. The first-order valence-corrected chi connectivity index (χ1v) is 12.2. The van der Waals surface area contributed by atoms with E-state index in [2.05, 4.69) is 4.31 Å². The summed E-state index contributed by atoms with van der Waals surface area (Å²) < 4.78 is 2.30. The fourth-order valence-corrected chi connectivity index (χ4v) is 6.07. The lowest BCUT2D eigenvalue weighted by atomic mass is 9.79. The van der Waals surface area contributed by atoms with Gasteiger partial charge in [0, 0.05) is 34.7 Å². The molecule has 3 unspecified atom stereocenters. The summed E-state index contributed by atoms with van der Waals surface area (Å²) in [5.41, 5.74) is 1.58. The quantitative estimate of drug-likeness (QED) is 0.575. The van der Waals surface area contributed by atoms with Crippen LogP contribution in [0.3, 0.4) is 0 Å². The van der Waals surface area contributed by atoms with Crippen LogP contribution in [-0.2, 0) is 4.79 Å². The predicted octanol–water partition coefficient (Wildman–Crippen LogP) is 5.49. The van der Waals surface area contributed by atoms with Gasteiger partial charge in [0.25, 0.3) is 5.91 Å². The zero-order valence-electron chi connectivity index (χ0n) is 17.1. The van der Waals surface area contributed by atoms with E-state index in [1.165, 1.54) is 0 Å². The van der Waals surface area contributed by atoms with Crippen molar-refractivity contribution < 1.29 is 14.7 Å². The number of carboxylic acid groups (broad SMARTS) is 1. The number of fused-ring (bicyclic) bond motifs is 1. The van der Waals surface area contributed by atoms with Gasteiger partial charge in [-0.2, -0.15) is 0 Å². The molecule has 1 amide bonds. The van der Waals surface area contributed by atoms with E-state index in [1.54, 1.807) is 59.3 Å². The Hall–Kier alpha value is -1.73. The summed E-state index contributed by atoms with van der Waals surface area (Å²) in [4.78, 5) is 27.9. The van der Waals surface area contributed by atoms with Crippen molar-refractivity contribution in [1.82, 2.24) is 9.21 Å². The summed E-state index contributed by atoms with van der Waals surface area (Å²) in [6.07, 6.45) is 5.22. The molecule has 164 valence electrons. The molecule has 2 heterocycles. The van der Waals surface area contributed by atoms with E-state index in [1.807, 2.05) is 6.26 Å². The number of hydrogen-bond acceptors (Lipinski definition) is 4. The summed E-state index contributed by atoms with van der Waals surface area (Å²) in [5.74, 6) is -2.05.